The molecule has 1 aromatic rings. The highest BCUT2D eigenvalue weighted by Gasteiger charge is 2.13. The molecule has 1 rings (SSSR count). The maximum absolute atomic E-state index is 13.6. The Morgan fingerprint density at radius 3 is 2.62 bits per heavy atom. The van der Waals surface area contributed by atoms with E-state index in [9.17, 15) is 9.50 Å². The van der Waals surface area contributed by atoms with E-state index in [1.165, 1.54) is 6.07 Å². The Morgan fingerprint density at radius 2 is 2.12 bits per heavy atom. The van der Waals surface area contributed by atoms with E-state index >= 15 is 0 Å². The first-order chi connectivity index (χ1) is 7.54. The van der Waals surface area contributed by atoms with Gasteiger partial charge in [0.05, 0.1) is 6.10 Å². The molecule has 0 aliphatic carbocycles. The van der Waals surface area contributed by atoms with Crippen molar-refractivity contribution in [2.45, 2.75) is 32.6 Å². The summed E-state index contributed by atoms with van der Waals surface area (Å²) in [7, 11) is 1.80. The molecule has 0 fully saturated rings. The molecule has 0 heterocycles. The van der Waals surface area contributed by atoms with Gasteiger partial charge >= 0.3 is 0 Å². The van der Waals surface area contributed by atoms with Crippen molar-refractivity contribution in [2.75, 3.05) is 7.05 Å². The minimum Gasteiger partial charge on any atom is -0.485 e. The van der Waals surface area contributed by atoms with Crippen LogP contribution >= 0.6 is 0 Å². The zero-order chi connectivity index (χ0) is 12.1. The van der Waals surface area contributed by atoms with E-state index in [1.807, 2.05) is 0 Å². The fourth-order valence-corrected chi connectivity index (χ4v) is 1.25. The van der Waals surface area contributed by atoms with Gasteiger partial charge in [0, 0.05) is 6.54 Å². The quantitative estimate of drug-likeness (QED) is 0.804. The molecule has 0 radical (unpaired) electrons. The molecule has 0 amide bonds. The van der Waals surface area contributed by atoms with Gasteiger partial charge in [-0.1, -0.05) is 6.07 Å². The van der Waals surface area contributed by atoms with Crippen LogP contribution in [0, 0.1) is 5.82 Å². The van der Waals surface area contributed by atoms with Crippen LogP contribution in [-0.2, 0) is 6.54 Å². The summed E-state index contributed by atoms with van der Waals surface area (Å²) < 4.78 is 18.9. The molecule has 0 aliphatic rings. The summed E-state index contributed by atoms with van der Waals surface area (Å²) in [6.45, 7) is 3.92. The van der Waals surface area contributed by atoms with Crippen molar-refractivity contribution < 1.29 is 14.2 Å². The van der Waals surface area contributed by atoms with E-state index in [4.69, 9.17) is 4.74 Å². The van der Waals surface area contributed by atoms with Gasteiger partial charge in [-0.3, -0.25) is 0 Å². The Bertz CT molecular complexity index is 342. The van der Waals surface area contributed by atoms with Crippen LogP contribution in [0.1, 0.15) is 19.4 Å². The maximum Gasteiger partial charge on any atom is 0.165 e. The molecule has 16 heavy (non-hydrogen) atoms. The zero-order valence-electron chi connectivity index (χ0n) is 9.83. The SMILES string of the molecule is CNCc1ccc(OC(C)C(C)O)c(F)c1. The lowest BCUT2D eigenvalue weighted by atomic mass is 10.2. The van der Waals surface area contributed by atoms with E-state index in [2.05, 4.69) is 5.32 Å². The van der Waals surface area contributed by atoms with Gasteiger partial charge in [-0.25, -0.2) is 4.39 Å². The lowest BCUT2D eigenvalue weighted by Gasteiger charge is -2.17. The molecular weight excluding hydrogens is 209 g/mol. The highest BCUT2D eigenvalue weighted by atomic mass is 19.1. The Labute approximate surface area is 95.2 Å². The second kappa shape index (κ2) is 5.82. The summed E-state index contributed by atoms with van der Waals surface area (Å²) in [5.74, 6) is -0.228. The minimum absolute atomic E-state index is 0.174. The zero-order valence-corrected chi connectivity index (χ0v) is 9.83. The summed E-state index contributed by atoms with van der Waals surface area (Å²) >= 11 is 0. The molecule has 0 bridgehead atoms. The summed E-state index contributed by atoms with van der Waals surface area (Å²) in [5, 5.41) is 12.2. The monoisotopic (exact) mass is 227 g/mol. The van der Waals surface area contributed by atoms with Crippen LogP contribution in [0.25, 0.3) is 0 Å². The molecule has 0 saturated heterocycles. The molecule has 0 aromatic heterocycles. The first-order valence-corrected chi connectivity index (χ1v) is 5.32. The number of rotatable bonds is 5. The highest BCUT2D eigenvalue weighted by Crippen LogP contribution is 2.20. The van der Waals surface area contributed by atoms with Gasteiger partial charge in [-0.15, -0.1) is 0 Å². The van der Waals surface area contributed by atoms with Crippen molar-refractivity contribution in [2.24, 2.45) is 0 Å². The summed E-state index contributed by atoms with van der Waals surface area (Å²) in [4.78, 5) is 0. The fourth-order valence-electron chi connectivity index (χ4n) is 1.25. The van der Waals surface area contributed by atoms with E-state index in [0.717, 1.165) is 5.56 Å². The number of hydrogen-bond donors (Lipinski definition) is 2. The minimum atomic E-state index is -0.628. The first-order valence-electron chi connectivity index (χ1n) is 5.32. The van der Waals surface area contributed by atoms with Crippen molar-refractivity contribution in [3.8, 4) is 5.75 Å². The summed E-state index contributed by atoms with van der Waals surface area (Å²) in [6, 6.07) is 4.81. The van der Waals surface area contributed by atoms with E-state index in [0.29, 0.717) is 6.54 Å². The number of halogens is 1. The second-order valence-electron chi connectivity index (χ2n) is 3.86. The lowest BCUT2D eigenvalue weighted by Crippen LogP contribution is -2.26. The van der Waals surface area contributed by atoms with Crippen molar-refractivity contribution >= 4 is 0 Å². The Morgan fingerprint density at radius 1 is 1.44 bits per heavy atom. The standard InChI is InChI=1S/C12H18FNO2/c1-8(15)9(2)16-12-5-4-10(7-14-3)6-11(12)13/h4-6,8-9,14-15H,7H2,1-3H3. The van der Waals surface area contributed by atoms with Crippen LogP contribution in [0.15, 0.2) is 18.2 Å². The van der Waals surface area contributed by atoms with Crippen LogP contribution in [-0.4, -0.2) is 24.4 Å². The van der Waals surface area contributed by atoms with Crippen molar-refractivity contribution in [3.05, 3.63) is 29.6 Å². The number of hydrogen-bond acceptors (Lipinski definition) is 3. The Balaban J connectivity index is 2.75. The Kier molecular flexibility index (Phi) is 4.71. The van der Waals surface area contributed by atoms with Crippen LogP contribution in [0.4, 0.5) is 4.39 Å². The fraction of sp³-hybridized carbons (Fsp3) is 0.500. The maximum atomic E-state index is 13.6. The predicted molar refractivity (Wildman–Crippen MR) is 60.9 cm³/mol. The summed E-state index contributed by atoms with van der Waals surface area (Å²) in [5.41, 5.74) is 0.858. The number of aliphatic hydroxyl groups excluding tert-OH is 1. The number of nitrogens with one attached hydrogen (secondary N) is 1. The second-order valence-corrected chi connectivity index (χ2v) is 3.86. The van der Waals surface area contributed by atoms with Gasteiger partial charge in [-0.2, -0.15) is 0 Å². The van der Waals surface area contributed by atoms with Crippen LogP contribution in [0.2, 0.25) is 0 Å². The first kappa shape index (κ1) is 12.9. The van der Waals surface area contributed by atoms with Crippen LogP contribution in [0.5, 0.6) is 5.75 Å². The number of aliphatic hydroxyl groups is 1. The van der Waals surface area contributed by atoms with Gasteiger partial charge < -0.3 is 15.2 Å². The smallest absolute Gasteiger partial charge is 0.165 e. The average Bonchev–Trinajstić information content (AvgIpc) is 2.22. The molecule has 1 aromatic carbocycles. The third-order valence-electron chi connectivity index (χ3n) is 2.37. The van der Waals surface area contributed by atoms with Crippen molar-refractivity contribution in [1.29, 1.82) is 0 Å². The van der Waals surface area contributed by atoms with E-state index in [1.54, 1.807) is 33.0 Å². The third kappa shape index (κ3) is 3.47. The topological polar surface area (TPSA) is 41.5 Å². The predicted octanol–water partition coefficient (Wildman–Crippen LogP) is 1.69. The molecule has 3 nitrogen and oxygen atoms in total. The van der Waals surface area contributed by atoms with Gasteiger partial charge in [0.15, 0.2) is 11.6 Å². The molecule has 2 atom stereocenters. The molecule has 2 unspecified atom stereocenters. The van der Waals surface area contributed by atoms with Gasteiger partial charge in [0.1, 0.15) is 6.10 Å². The van der Waals surface area contributed by atoms with Gasteiger partial charge in [0.25, 0.3) is 0 Å². The number of benzene rings is 1. The van der Waals surface area contributed by atoms with Crippen LogP contribution in [0.3, 0.4) is 0 Å². The van der Waals surface area contributed by atoms with Crippen LogP contribution < -0.4 is 10.1 Å². The van der Waals surface area contributed by atoms with Gasteiger partial charge in [-0.05, 0) is 38.6 Å². The van der Waals surface area contributed by atoms with E-state index < -0.39 is 18.0 Å². The molecule has 90 valence electrons. The van der Waals surface area contributed by atoms with Crippen molar-refractivity contribution in [1.82, 2.24) is 5.32 Å². The highest BCUT2D eigenvalue weighted by molar-refractivity contribution is 5.29. The molecule has 4 heteroatoms. The lowest BCUT2D eigenvalue weighted by molar-refractivity contribution is 0.0579. The molecule has 0 spiro atoms. The average molecular weight is 227 g/mol. The van der Waals surface area contributed by atoms with Gasteiger partial charge in [0.2, 0.25) is 0 Å². The third-order valence-corrected chi connectivity index (χ3v) is 2.37. The largest absolute Gasteiger partial charge is 0.485 e. The molecule has 2 N–H and O–H groups in total. The van der Waals surface area contributed by atoms with Crippen molar-refractivity contribution in [3.63, 3.8) is 0 Å². The molecule has 0 aliphatic heterocycles. The van der Waals surface area contributed by atoms with E-state index in [-0.39, 0.29) is 5.75 Å². The molecular formula is C12H18FNO2. The molecule has 0 saturated carbocycles. The number of ether oxygens (including phenoxy) is 1. The summed E-state index contributed by atoms with van der Waals surface area (Å²) in [6.07, 6.45) is -1.05. The Hall–Kier alpha value is -1.13. The normalized spacial score (nSPS) is 14.6.